The van der Waals surface area contributed by atoms with Crippen molar-refractivity contribution in [3.8, 4) is 11.3 Å². The summed E-state index contributed by atoms with van der Waals surface area (Å²) in [7, 11) is -2.06. The fraction of sp³-hybridized carbons (Fsp3) is 0.407. The first-order chi connectivity index (χ1) is 18.6. The van der Waals surface area contributed by atoms with E-state index in [0.29, 0.717) is 60.6 Å². The zero-order valence-corrected chi connectivity index (χ0v) is 23.0. The normalized spacial score (nSPS) is 18.4. The van der Waals surface area contributed by atoms with Crippen LogP contribution in [-0.4, -0.2) is 67.5 Å². The maximum absolute atomic E-state index is 13.6. The predicted molar refractivity (Wildman–Crippen MR) is 145 cm³/mol. The first-order valence-corrected chi connectivity index (χ1v) is 14.6. The number of H-pyrrole nitrogens is 1. The number of carbonyl (C=O) groups is 1. The number of amides is 1. The maximum Gasteiger partial charge on any atom is 0.276 e. The zero-order valence-electron chi connectivity index (χ0n) is 22.2. The van der Waals surface area contributed by atoms with Crippen molar-refractivity contribution in [2.45, 2.75) is 44.6 Å². The van der Waals surface area contributed by atoms with Gasteiger partial charge in [0.15, 0.2) is 5.65 Å². The molecule has 0 saturated carbocycles. The third-order valence-electron chi connectivity index (χ3n) is 7.94. The Bertz CT molecular complexity index is 1750. The lowest BCUT2D eigenvalue weighted by atomic mass is 9.96. The fourth-order valence-corrected chi connectivity index (χ4v) is 7.75. The fourth-order valence-electron chi connectivity index (χ4n) is 5.82. The topological polar surface area (TPSA) is 126 Å². The second-order valence-electron chi connectivity index (χ2n) is 10.4. The molecule has 1 saturated heterocycles. The van der Waals surface area contributed by atoms with Gasteiger partial charge in [0, 0.05) is 38.3 Å². The number of aromatic nitrogens is 5. The third-order valence-corrected chi connectivity index (χ3v) is 10.1. The molecule has 5 heterocycles. The molecule has 2 aliphatic heterocycles. The van der Waals surface area contributed by atoms with E-state index < -0.39 is 15.9 Å². The standard InChI is InChI=1S/C27H31N7O4S/c1-17-25(18(2)31(3)29-17)39(37,38)33-12-7-10-20(15-33)26(35)32-13-11-21-23(16-32)28-24-14-22(30-34(24)27(21)36)19-8-5-4-6-9-19/h4-6,8-9,14,20,30H,7,10-13,15-16H2,1-3H3/t20-/m1/s1. The average molecular weight is 550 g/mol. The van der Waals surface area contributed by atoms with Gasteiger partial charge in [0.1, 0.15) is 4.90 Å². The van der Waals surface area contributed by atoms with Gasteiger partial charge in [-0.3, -0.25) is 19.4 Å². The van der Waals surface area contributed by atoms with E-state index in [1.807, 2.05) is 36.4 Å². The van der Waals surface area contributed by atoms with Crippen LogP contribution in [0.3, 0.4) is 0 Å². The van der Waals surface area contributed by atoms with Gasteiger partial charge in [-0.2, -0.15) is 9.40 Å². The maximum atomic E-state index is 13.6. The number of benzene rings is 1. The van der Waals surface area contributed by atoms with Gasteiger partial charge in [0.25, 0.3) is 5.56 Å². The van der Waals surface area contributed by atoms with Crippen LogP contribution in [0.25, 0.3) is 16.9 Å². The van der Waals surface area contributed by atoms with Crippen LogP contribution < -0.4 is 5.56 Å². The largest absolute Gasteiger partial charge is 0.336 e. The Morgan fingerprint density at radius 3 is 2.62 bits per heavy atom. The third kappa shape index (κ3) is 4.27. The lowest BCUT2D eigenvalue weighted by molar-refractivity contribution is -0.137. The number of carbonyl (C=O) groups excluding carboxylic acids is 1. The van der Waals surface area contributed by atoms with E-state index in [2.05, 4.69) is 10.2 Å². The van der Waals surface area contributed by atoms with E-state index in [4.69, 9.17) is 4.98 Å². The summed E-state index contributed by atoms with van der Waals surface area (Å²) >= 11 is 0. The molecule has 2 aliphatic rings. The molecule has 6 rings (SSSR count). The minimum absolute atomic E-state index is 0.0961. The molecule has 0 aliphatic carbocycles. The minimum Gasteiger partial charge on any atom is -0.336 e. The van der Waals surface area contributed by atoms with E-state index in [-0.39, 0.29) is 29.5 Å². The molecule has 11 nitrogen and oxygen atoms in total. The summed E-state index contributed by atoms with van der Waals surface area (Å²) in [5, 5.41) is 7.42. The summed E-state index contributed by atoms with van der Waals surface area (Å²) in [6, 6.07) is 11.6. The summed E-state index contributed by atoms with van der Waals surface area (Å²) in [5.41, 5.74) is 4.33. The van der Waals surface area contributed by atoms with Crippen LogP contribution in [0.2, 0.25) is 0 Å². The molecule has 0 spiro atoms. The Morgan fingerprint density at radius 1 is 1.13 bits per heavy atom. The molecule has 39 heavy (non-hydrogen) atoms. The first kappa shape index (κ1) is 25.5. The van der Waals surface area contributed by atoms with E-state index >= 15 is 0 Å². The molecule has 0 radical (unpaired) electrons. The van der Waals surface area contributed by atoms with E-state index in [9.17, 15) is 18.0 Å². The SMILES string of the molecule is Cc1nn(C)c(C)c1S(=O)(=O)N1CCC[C@@H](C(=O)N2CCc3c(nc4cc(-c5ccccc5)[nH]n4c3=O)C2)C1. The molecule has 1 amide bonds. The molecule has 1 aromatic carbocycles. The van der Waals surface area contributed by atoms with Crippen molar-refractivity contribution in [1.82, 2.24) is 33.6 Å². The minimum atomic E-state index is -3.78. The van der Waals surface area contributed by atoms with E-state index in [0.717, 1.165) is 11.3 Å². The summed E-state index contributed by atoms with van der Waals surface area (Å²) < 4.78 is 31.5. The van der Waals surface area contributed by atoms with Crippen molar-refractivity contribution in [1.29, 1.82) is 0 Å². The number of hydrogen-bond donors (Lipinski definition) is 1. The van der Waals surface area contributed by atoms with Gasteiger partial charge in [-0.15, -0.1) is 0 Å². The number of nitrogens with one attached hydrogen (secondary N) is 1. The van der Waals surface area contributed by atoms with E-state index in [1.54, 1.807) is 30.5 Å². The van der Waals surface area contributed by atoms with Crippen molar-refractivity contribution in [3.63, 3.8) is 0 Å². The molecule has 0 bridgehead atoms. The number of aryl methyl sites for hydroxylation is 2. The van der Waals surface area contributed by atoms with E-state index in [1.165, 1.54) is 8.82 Å². The Morgan fingerprint density at radius 2 is 1.90 bits per heavy atom. The summed E-state index contributed by atoms with van der Waals surface area (Å²) in [5.74, 6) is -0.546. The smallest absolute Gasteiger partial charge is 0.276 e. The van der Waals surface area contributed by atoms with Crippen molar-refractivity contribution in [2.75, 3.05) is 19.6 Å². The highest BCUT2D eigenvalue weighted by Crippen LogP contribution is 2.29. The quantitative estimate of drug-likeness (QED) is 0.415. The Kier molecular flexibility index (Phi) is 6.18. The number of hydrogen-bond acceptors (Lipinski definition) is 6. The van der Waals surface area contributed by atoms with Gasteiger partial charge < -0.3 is 4.90 Å². The Balaban J connectivity index is 1.23. The molecular formula is C27H31N7O4S. The lowest BCUT2D eigenvalue weighted by Crippen LogP contribution is -2.48. The zero-order chi connectivity index (χ0) is 27.5. The van der Waals surface area contributed by atoms with Crippen LogP contribution in [0.1, 0.15) is 35.5 Å². The highest BCUT2D eigenvalue weighted by molar-refractivity contribution is 7.89. The van der Waals surface area contributed by atoms with Crippen LogP contribution in [0.15, 0.2) is 46.1 Å². The number of rotatable bonds is 4. The van der Waals surface area contributed by atoms with Crippen molar-refractivity contribution < 1.29 is 13.2 Å². The highest BCUT2D eigenvalue weighted by Gasteiger charge is 2.38. The molecule has 0 unspecified atom stereocenters. The molecule has 12 heteroatoms. The van der Waals surface area contributed by atoms with Crippen LogP contribution in [0.5, 0.6) is 0 Å². The Hall–Kier alpha value is -3.77. The molecule has 1 atom stereocenters. The van der Waals surface area contributed by atoms with Gasteiger partial charge >= 0.3 is 0 Å². The number of piperidine rings is 1. The van der Waals surface area contributed by atoms with Crippen LogP contribution >= 0.6 is 0 Å². The number of fused-ring (bicyclic) bond motifs is 2. The number of aromatic amines is 1. The molecule has 204 valence electrons. The predicted octanol–water partition coefficient (Wildman–Crippen LogP) is 2.03. The summed E-state index contributed by atoms with van der Waals surface area (Å²) in [6.07, 6.45) is 1.62. The van der Waals surface area contributed by atoms with Gasteiger partial charge in [-0.05, 0) is 38.7 Å². The number of nitrogens with zero attached hydrogens (tertiary/aromatic N) is 6. The van der Waals surface area contributed by atoms with Gasteiger partial charge in [-0.1, -0.05) is 30.3 Å². The van der Waals surface area contributed by atoms with Gasteiger partial charge in [0.2, 0.25) is 15.9 Å². The summed E-state index contributed by atoms with van der Waals surface area (Å²) in [6.45, 7) is 4.56. The second kappa shape index (κ2) is 9.45. The summed E-state index contributed by atoms with van der Waals surface area (Å²) in [4.78, 5) is 33.5. The molecule has 1 fully saturated rings. The Labute approximate surface area is 226 Å². The highest BCUT2D eigenvalue weighted by atomic mass is 32.2. The average Bonchev–Trinajstić information content (AvgIpc) is 3.48. The van der Waals surface area contributed by atoms with Crippen LogP contribution in [0.4, 0.5) is 0 Å². The first-order valence-electron chi connectivity index (χ1n) is 13.1. The molecule has 3 aromatic heterocycles. The van der Waals surface area contributed by atoms with Crippen molar-refractivity contribution >= 4 is 21.6 Å². The lowest BCUT2D eigenvalue weighted by Gasteiger charge is -2.35. The van der Waals surface area contributed by atoms with Crippen LogP contribution in [0, 0.1) is 19.8 Å². The monoisotopic (exact) mass is 549 g/mol. The molecular weight excluding hydrogens is 518 g/mol. The second-order valence-corrected chi connectivity index (χ2v) is 12.3. The van der Waals surface area contributed by atoms with Gasteiger partial charge in [0.05, 0.1) is 35.2 Å². The van der Waals surface area contributed by atoms with Crippen molar-refractivity contribution in [2.24, 2.45) is 13.0 Å². The molecule has 1 N–H and O–H groups in total. The van der Waals surface area contributed by atoms with Crippen LogP contribution in [-0.2, 0) is 34.8 Å². The van der Waals surface area contributed by atoms with Crippen molar-refractivity contribution in [3.05, 3.63) is 69.4 Å². The molecule has 4 aromatic rings. The van der Waals surface area contributed by atoms with Gasteiger partial charge in [-0.25, -0.2) is 17.9 Å². The number of sulfonamides is 1.